The lowest BCUT2D eigenvalue weighted by molar-refractivity contribution is 0.102. The van der Waals surface area contributed by atoms with E-state index in [0.717, 1.165) is 0 Å². The van der Waals surface area contributed by atoms with E-state index in [0.29, 0.717) is 26.2 Å². The van der Waals surface area contributed by atoms with E-state index in [4.69, 9.17) is 22.1 Å². The summed E-state index contributed by atoms with van der Waals surface area (Å²) in [6.45, 7) is 1.78. The zero-order valence-electron chi connectivity index (χ0n) is 11.0. The predicted octanol–water partition coefficient (Wildman–Crippen LogP) is -0.0359. The van der Waals surface area contributed by atoms with E-state index in [1.165, 1.54) is 15.6 Å². The Bertz CT molecular complexity index is 594. The highest BCUT2D eigenvalue weighted by atomic mass is 35.5. The van der Waals surface area contributed by atoms with Crippen molar-refractivity contribution in [3.8, 4) is 0 Å². The first-order valence-corrected chi connectivity index (χ1v) is 6.40. The van der Waals surface area contributed by atoms with Gasteiger partial charge in [-0.15, -0.1) is 5.10 Å². The molecule has 9 heteroatoms. The molecule has 0 amide bonds. The second kappa shape index (κ2) is 6.60. The Morgan fingerprint density at radius 2 is 2.30 bits per heavy atom. The maximum Gasteiger partial charge on any atom is 0.234 e. The lowest BCUT2D eigenvalue weighted by atomic mass is 10.2. The quantitative estimate of drug-likeness (QED) is 0.720. The molecule has 20 heavy (non-hydrogen) atoms. The van der Waals surface area contributed by atoms with Crippen LogP contribution in [0.4, 0.5) is 0 Å². The van der Waals surface area contributed by atoms with Gasteiger partial charge in [0, 0.05) is 13.7 Å². The molecule has 2 N–H and O–H groups in total. The average molecular weight is 299 g/mol. The van der Waals surface area contributed by atoms with Gasteiger partial charge in [0.2, 0.25) is 5.78 Å². The number of aromatic nitrogens is 5. The first-order valence-electron chi connectivity index (χ1n) is 6.02. The van der Waals surface area contributed by atoms with Gasteiger partial charge in [0.1, 0.15) is 5.69 Å². The van der Waals surface area contributed by atoms with Crippen molar-refractivity contribution in [3.05, 3.63) is 28.8 Å². The van der Waals surface area contributed by atoms with Gasteiger partial charge in [0.05, 0.1) is 37.1 Å². The first-order chi connectivity index (χ1) is 9.67. The molecule has 0 spiro atoms. The highest BCUT2D eigenvalue weighted by Crippen LogP contribution is 2.18. The number of carbonyl (C=O) groups excluding carboxylic acids is 1. The fraction of sp³-hybridized carbons (Fsp3) is 0.455. The summed E-state index contributed by atoms with van der Waals surface area (Å²) in [5.41, 5.74) is 5.91. The molecule has 0 atom stereocenters. The third-order valence-corrected chi connectivity index (χ3v) is 2.92. The maximum atomic E-state index is 12.4. The summed E-state index contributed by atoms with van der Waals surface area (Å²) in [6.07, 6.45) is 2.97. The van der Waals surface area contributed by atoms with E-state index in [-0.39, 0.29) is 22.2 Å². The molecule has 0 aliphatic rings. The van der Waals surface area contributed by atoms with Crippen LogP contribution in [-0.4, -0.2) is 50.8 Å². The Labute approximate surface area is 120 Å². The van der Waals surface area contributed by atoms with Gasteiger partial charge in [-0.05, 0) is 0 Å². The summed E-state index contributed by atoms with van der Waals surface area (Å²) in [5.74, 6) is -0.327. The Balaban J connectivity index is 2.25. The number of nitrogens with zero attached hydrogens (tertiary/aromatic N) is 5. The number of hydrogen-bond acceptors (Lipinski definition) is 6. The normalized spacial score (nSPS) is 10.9. The summed E-state index contributed by atoms with van der Waals surface area (Å²) >= 11 is 6.02. The van der Waals surface area contributed by atoms with Crippen LogP contribution < -0.4 is 5.73 Å². The standard InChI is InChI=1S/C11H15ClN6O2/c1-20-5-4-18-10(8(12)6-14-18)11(19)9-7-17(3-2-13)16-15-9/h6-7H,2-5,13H2,1H3. The van der Waals surface area contributed by atoms with Crippen LogP contribution in [0.25, 0.3) is 0 Å². The number of nitrogens with two attached hydrogens (primary N) is 1. The van der Waals surface area contributed by atoms with Gasteiger partial charge in [0.25, 0.3) is 0 Å². The maximum absolute atomic E-state index is 12.4. The van der Waals surface area contributed by atoms with Crippen molar-refractivity contribution in [2.45, 2.75) is 13.1 Å². The molecule has 0 fully saturated rings. The van der Waals surface area contributed by atoms with Crippen molar-refractivity contribution < 1.29 is 9.53 Å². The van der Waals surface area contributed by atoms with Gasteiger partial charge in [-0.3, -0.25) is 14.2 Å². The highest BCUT2D eigenvalue weighted by Gasteiger charge is 2.21. The fourth-order valence-electron chi connectivity index (χ4n) is 1.70. The zero-order valence-corrected chi connectivity index (χ0v) is 11.7. The predicted molar refractivity (Wildman–Crippen MR) is 71.6 cm³/mol. The van der Waals surface area contributed by atoms with Crippen LogP contribution in [0, 0.1) is 0 Å². The van der Waals surface area contributed by atoms with Crippen molar-refractivity contribution in [2.24, 2.45) is 5.73 Å². The molecule has 0 radical (unpaired) electrons. The SMILES string of the molecule is COCCn1ncc(Cl)c1C(=O)c1cn(CCN)nn1. The third kappa shape index (κ3) is 3.03. The number of rotatable bonds is 7. The molecule has 0 bridgehead atoms. The number of carbonyl (C=O) groups is 1. The molecule has 0 saturated carbocycles. The van der Waals surface area contributed by atoms with Crippen LogP contribution in [0.2, 0.25) is 5.02 Å². The summed E-state index contributed by atoms with van der Waals surface area (Å²) in [4.78, 5) is 12.4. The van der Waals surface area contributed by atoms with E-state index in [1.807, 2.05) is 0 Å². The first kappa shape index (κ1) is 14.6. The fourth-order valence-corrected chi connectivity index (χ4v) is 1.93. The van der Waals surface area contributed by atoms with Crippen LogP contribution in [0.3, 0.4) is 0 Å². The number of methoxy groups -OCH3 is 1. The van der Waals surface area contributed by atoms with E-state index in [9.17, 15) is 4.79 Å². The number of hydrogen-bond donors (Lipinski definition) is 1. The summed E-state index contributed by atoms with van der Waals surface area (Å²) in [7, 11) is 1.57. The molecule has 0 aromatic carbocycles. The topological polar surface area (TPSA) is 101 Å². The van der Waals surface area contributed by atoms with Crippen molar-refractivity contribution in [2.75, 3.05) is 20.3 Å². The van der Waals surface area contributed by atoms with E-state index < -0.39 is 0 Å². The van der Waals surface area contributed by atoms with Gasteiger partial charge in [-0.1, -0.05) is 16.8 Å². The molecular weight excluding hydrogens is 284 g/mol. The highest BCUT2D eigenvalue weighted by molar-refractivity contribution is 6.34. The zero-order chi connectivity index (χ0) is 14.5. The van der Waals surface area contributed by atoms with Crippen LogP contribution in [0.1, 0.15) is 16.2 Å². The van der Waals surface area contributed by atoms with E-state index in [1.54, 1.807) is 13.3 Å². The molecule has 0 aliphatic heterocycles. The average Bonchev–Trinajstić information content (AvgIpc) is 3.03. The molecule has 2 aromatic heterocycles. The molecule has 0 unspecified atom stereocenters. The van der Waals surface area contributed by atoms with Crippen LogP contribution in [-0.2, 0) is 17.8 Å². The monoisotopic (exact) mass is 298 g/mol. The summed E-state index contributed by atoms with van der Waals surface area (Å²) < 4.78 is 7.98. The Morgan fingerprint density at radius 1 is 1.50 bits per heavy atom. The largest absolute Gasteiger partial charge is 0.383 e. The second-order valence-corrected chi connectivity index (χ2v) is 4.45. The Morgan fingerprint density at radius 3 is 3.00 bits per heavy atom. The molecule has 8 nitrogen and oxygen atoms in total. The third-order valence-electron chi connectivity index (χ3n) is 2.65. The van der Waals surface area contributed by atoms with Crippen molar-refractivity contribution in [1.82, 2.24) is 24.8 Å². The molecule has 2 aromatic rings. The van der Waals surface area contributed by atoms with Crippen LogP contribution >= 0.6 is 11.6 Å². The molecule has 0 saturated heterocycles. The van der Waals surface area contributed by atoms with Gasteiger partial charge < -0.3 is 10.5 Å². The van der Waals surface area contributed by atoms with Crippen molar-refractivity contribution in [3.63, 3.8) is 0 Å². The van der Waals surface area contributed by atoms with Crippen LogP contribution in [0.15, 0.2) is 12.4 Å². The number of halogens is 1. The smallest absolute Gasteiger partial charge is 0.234 e. The molecule has 2 rings (SSSR count). The lowest BCUT2D eigenvalue weighted by Crippen LogP contribution is -2.15. The molecule has 0 aliphatic carbocycles. The van der Waals surface area contributed by atoms with Gasteiger partial charge >= 0.3 is 0 Å². The number of ether oxygens (including phenoxy) is 1. The molecule has 108 valence electrons. The minimum Gasteiger partial charge on any atom is -0.383 e. The minimum absolute atomic E-state index is 0.208. The second-order valence-electron chi connectivity index (χ2n) is 4.04. The summed E-state index contributed by atoms with van der Waals surface area (Å²) in [6, 6.07) is 0. The van der Waals surface area contributed by atoms with E-state index >= 15 is 0 Å². The van der Waals surface area contributed by atoms with Gasteiger partial charge in [0.15, 0.2) is 5.69 Å². The minimum atomic E-state index is -0.327. The van der Waals surface area contributed by atoms with Crippen molar-refractivity contribution in [1.29, 1.82) is 0 Å². The van der Waals surface area contributed by atoms with Gasteiger partial charge in [-0.2, -0.15) is 5.10 Å². The Kier molecular flexibility index (Phi) is 4.83. The van der Waals surface area contributed by atoms with Crippen LogP contribution in [0.5, 0.6) is 0 Å². The van der Waals surface area contributed by atoms with E-state index in [2.05, 4.69) is 15.4 Å². The van der Waals surface area contributed by atoms with Crippen molar-refractivity contribution >= 4 is 17.4 Å². The van der Waals surface area contributed by atoms with Gasteiger partial charge in [-0.25, -0.2) is 0 Å². The summed E-state index contributed by atoms with van der Waals surface area (Å²) in [5, 5.41) is 12.0. The lowest BCUT2D eigenvalue weighted by Gasteiger charge is -2.04. The molecular formula is C11H15ClN6O2. The number of ketones is 1. The Hall–Kier alpha value is -1.77. The molecule has 2 heterocycles.